The normalized spacial score (nSPS) is 20.2. The maximum absolute atomic E-state index is 13.9. The van der Waals surface area contributed by atoms with Crippen LogP contribution in [0.25, 0.3) is 0 Å². The van der Waals surface area contributed by atoms with Crippen molar-refractivity contribution < 1.29 is 4.39 Å². The molecule has 2 atom stereocenters. The number of nitrogens with one attached hydrogen (secondary N) is 2. The highest BCUT2D eigenvalue weighted by atomic mass is 127. The topological polar surface area (TPSA) is 39.7 Å². The summed E-state index contributed by atoms with van der Waals surface area (Å²) in [6, 6.07) is 5.78. The number of rotatable bonds is 7. The highest BCUT2D eigenvalue weighted by Gasteiger charge is 2.24. The number of halogens is 2. The Morgan fingerprint density at radius 3 is 2.73 bits per heavy atom. The summed E-state index contributed by atoms with van der Waals surface area (Å²) >= 11 is 1.95. The molecule has 1 aliphatic rings. The summed E-state index contributed by atoms with van der Waals surface area (Å²) in [4.78, 5) is 6.67. The van der Waals surface area contributed by atoms with E-state index in [1.807, 2.05) is 42.9 Å². The Bertz CT molecular complexity index is 583. The van der Waals surface area contributed by atoms with E-state index in [1.54, 1.807) is 6.07 Å². The first kappa shape index (κ1) is 23.5. The Labute approximate surface area is 178 Å². The number of aliphatic imine (C=N–C) groups is 1. The summed E-state index contributed by atoms with van der Waals surface area (Å²) in [5.74, 6) is 0.702. The van der Waals surface area contributed by atoms with E-state index in [0.29, 0.717) is 24.7 Å². The van der Waals surface area contributed by atoms with Gasteiger partial charge >= 0.3 is 0 Å². The molecule has 1 aromatic carbocycles. The highest BCUT2D eigenvalue weighted by Crippen LogP contribution is 2.28. The molecule has 4 nitrogen and oxygen atoms in total. The van der Waals surface area contributed by atoms with Gasteiger partial charge in [0.1, 0.15) is 5.82 Å². The van der Waals surface area contributed by atoms with Gasteiger partial charge in [0, 0.05) is 29.9 Å². The Morgan fingerprint density at radius 2 is 2.12 bits per heavy atom. The van der Waals surface area contributed by atoms with Crippen LogP contribution in [-0.4, -0.2) is 49.0 Å². The zero-order valence-electron chi connectivity index (χ0n) is 16.2. The molecule has 0 heterocycles. The van der Waals surface area contributed by atoms with Gasteiger partial charge in [-0.05, 0) is 64.2 Å². The fraction of sp³-hybridized carbons (Fsp3) is 0.632. The average Bonchev–Trinajstić information content (AvgIpc) is 3.02. The van der Waals surface area contributed by atoms with Crippen LogP contribution in [0.1, 0.15) is 37.3 Å². The molecule has 0 aliphatic heterocycles. The van der Waals surface area contributed by atoms with Crippen LogP contribution < -0.4 is 10.6 Å². The fourth-order valence-corrected chi connectivity index (χ4v) is 3.95. The number of nitrogens with zero attached hydrogens (tertiary/aromatic N) is 2. The Morgan fingerprint density at radius 1 is 1.35 bits per heavy atom. The molecule has 0 radical (unpaired) electrons. The number of benzene rings is 1. The predicted molar refractivity (Wildman–Crippen MR) is 122 cm³/mol. The predicted octanol–water partition coefficient (Wildman–Crippen LogP) is 3.84. The van der Waals surface area contributed by atoms with Crippen LogP contribution in [0.3, 0.4) is 0 Å². The minimum Gasteiger partial charge on any atom is -0.357 e. The van der Waals surface area contributed by atoms with Gasteiger partial charge in [-0.25, -0.2) is 9.38 Å². The second kappa shape index (κ2) is 12.0. The van der Waals surface area contributed by atoms with E-state index in [0.717, 1.165) is 23.3 Å². The fourth-order valence-electron chi connectivity index (χ4n) is 3.16. The van der Waals surface area contributed by atoms with E-state index in [9.17, 15) is 4.39 Å². The number of hydrogen-bond acceptors (Lipinski definition) is 3. The summed E-state index contributed by atoms with van der Waals surface area (Å²) in [5, 5.41) is 7.63. The highest BCUT2D eigenvalue weighted by molar-refractivity contribution is 14.0. The molecule has 7 heteroatoms. The third-order valence-corrected chi connectivity index (χ3v) is 5.51. The van der Waals surface area contributed by atoms with Gasteiger partial charge in [0.15, 0.2) is 5.96 Å². The Kier molecular flexibility index (Phi) is 10.9. The van der Waals surface area contributed by atoms with E-state index in [-0.39, 0.29) is 29.8 Å². The number of thioether (sulfide) groups is 1. The molecular formula is C19H32FIN4S. The standard InChI is InChI=1S/C19H31FN4S.HI/c1-5-21-19(23-16-7-8-17(11-16)25-4)22-12-14-6-9-18(20)15(10-14)13-24(2)3;/h6,9-10,16-17H,5,7-8,11-13H2,1-4H3,(H2,21,22,23);1H. The van der Waals surface area contributed by atoms with E-state index < -0.39 is 0 Å². The molecule has 0 amide bonds. The maximum Gasteiger partial charge on any atom is 0.191 e. The SMILES string of the molecule is CCNC(=NCc1ccc(F)c(CN(C)C)c1)NC1CCC(SC)C1.I. The molecule has 0 aromatic heterocycles. The molecule has 0 saturated heterocycles. The van der Waals surface area contributed by atoms with E-state index in [2.05, 4.69) is 23.8 Å². The maximum atomic E-state index is 13.9. The lowest BCUT2D eigenvalue weighted by Crippen LogP contribution is -2.42. The van der Waals surface area contributed by atoms with Gasteiger partial charge < -0.3 is 15.5 Å². The van der Waals surface area contributed by atoms with Gasteiger partial charge in [-0.1, -0.05) is 6.07 Å². The van der Waals surface area contributed by atoms with Crippen LogP contribution in [-0.2, 0) is 13.1 Å². The molecular weight excluding hydrogens is 462 g/mol. The van der Waals surface area contributed by atoms with Crippen molar-refractivity contribution in [2.45, 2.75) is 50.6 Å². The molecule has 2 rings (SSSR count). The third-order valence-electron chi connectivity index (χ3n) is 4.42. The van der Waals surface area contributed by atoms with Crippen molar-refractivity contribution in [1.29, 1.82) is 0 Å². The lowest BCUT2D eigenvalue weighted by Gasteiger charge is -2.17. The molecule has 1 aromatic rings. The summed E-state index contributed by atoms with van der Waals surface area (Å²) in [7, 11) is 3.89. The first-order valence-corrected chi connectivity index (χ1v) is 10.3. The van der Waals surface area contributed by atoms with Crippen molar-refractivity contribution in [1.82, 2.24) is 15.5 Å². The van der Waals surface area contributed by atoms with Crippen LogP contribution >= 0.6 is 35.7 Å². The van der Waals surface area contributed by atoms with Gasteiger partial charge in [0.25, 0.3) is 0 Å². The number of hydrogen-bond donors (Lipinski definition) is 2. The lowest BCUT2D eigenvalue weighted by molar-refractivity contribution is 0.392. The quantitative estimate of drug-likeness (QED) is 0.343. The minimum atomic E-state index is -0.152. The Hall–Kier alpha value is -0.540. The minimum absolute atomic E-state index is 0. The summed E-state index contributed by atoms with van der Waals surface area (Å²) in [5.41, 5.74) is 1.75. The monoisotopic (exact) mass is 494 g/mol. The first-order valence-electron chi connectivity index (χ1n) is 9.01. The summed E-state index contributed by atoms with van der Waals surface area (Å²) in [6.07, 6.45) is 5.84. The van der Waals surface area contributed by atoms with Crippen LogP contribution in [0.4, 0.5) is 4.39 Å². The van der Waals surface area contributed by atoms with Crippen molar-refractivity contribution in [3.63, 3.8) is 0 Å². The molecule has 0 bridgehead atoms. The van der Waals surface area contributed by atoms with Crippen molar-refractivity contribution in [3.8, 4) is 0 Å². The second-order valence-corrected chi connectivity index (χ2v) is 8.01. The molecule has 26 heavy (non-hydrogen) atoms. The zero-order chi connectivity index (χ0) is 18.2. The third kappa shape index (κ3) is 7.60. The van der Waals surface area contributed by atoms with Crippen molar-refractivity contribution in [2.24, 2.45) is 4.99 Å². The molecule has 2 N–H and O–H groups in total. The molecule has 0 spiro atoms. The Balaban J connectivity index is 0.00000338. The van der Waals surface area contributed by atoms with Gasteiger partial charge in [0.2, 0.25) is 0 Å². The zero-order valence-corrected chi connectivity index (χ0v) is 19.4. The summed E-state index contributed by atoms with van der Waals surface area (Å²) in [6.45, 7) is 4.05. The second-order valence-electron chi connectivity index (χ2n) is 6.87. The van der Waals surface area contributed by atoms with Gasteiger partial charge in [-0.15, -0.1) is 24.0 Å². The van der Waals surface area contributed by atoms with Crippen molar-refractivity contribution in [2.75, 3.05) is 26.9 Å². The smallest absolute Gasteiger partial charge is 0.191 e. The van der Waals surface area contributed by atoms with Crippen molar-refractivity contribution in [3.05, 3.63) is 35.1 Å². The van der Waals surface area contributed by atoms with E-state index in [1.165, 1.54) is 19.3 Å². The number of guanidine groups is 1. The van der Waals surface area contributed by atoms with Gasteiger partial charge in [0.05, 0.1) is 6.54 Å². The van der Waals surface area contributed by atoms with Crippen molar-refractivity contribution >= 4 is 41.7 Å². The van der Waals surface area contributed by atoms with E-state index in [4.69, 9.17) is 4.99 Å². The lowest BCUT2D eigenvalue weighted by atomic mass is 10.1. The summed E-state index contributed by atoms with van der Waals surface area (Å²) < 4.78 is 13.9. The van der Waals surface area contributed by atoms with Crippen LogP contribution in [0.2, 0.25) is 0 Å². The average molecular weight is 494 g/mol. The van der Waals surface area contributed by atoms with Crippen LogP contribution in [0.15, 0.2) is 23.2 Å². The van der Waals surface area contributed by atoms with E-state index >= 15 is 0 Å². The largest absolute Gasteiger partial charge is 0.357 e. The molecule has 1 saturated carbocycles. The van der Waals surface area contributed by atoms with Gasteiger partial charge in [-0.3, -0.25) is 0 Å². The molecule has 1 fully saturated rings. The molecule has 148 valence electrons. The molecule has 1 aliphatic carbocycles. The van der Waals surface area contributed by atoms with Gasteiger partial charge in [-0.2, -0.15) is 11.8 Å². The molecule has 2 unspecified atom stereocenters. The first-order chi connectivity index (χ1) is 12.0. The van der Waals surface area contributed by atoms with Crippen LogP contribution in [0, 0.1) is 5.82 Å². The van der Waals surface area contributed by atoms with Crippen LogP contribution in [0.5, 0.6) is 0 Å².